The molecule has 7 nitrogen and oxygen atoms in total. The normalized spacial score (nSPS) is 20.2. The van der Waals surface area contributed by atoms with Gasteiger partial charge in [0.15, 0.2) is 0 Å². The molecule has 3 rings (SSSR count). The summed E-state index contributed by atoms with van der Waals surface area (Å²) in [6.45, 7) is 5.38. The molecule has 0 bridgehead atoms. The molecule has 2 heterocycles. The number of rotatable bonds is 4. The highest BCUT2D eigenvalue weighted by Gasteiger charge is 2.45. The van der Waals surface area contributed by atoms with E-state index in [1.807, 2.05) is 0 Å². The van der Waals surface area contributed by atoms with Gasteiger partial charge in [0.05, 0.1) is 0 Å². The molecule has 1 aliphatic rings. The van der Waals surface area contributed by atoms with Crippen molar-refractivity contribution < 1.29 is 0 Å². The highest BCUT2D eigenvalue weighted by Crippen LogP contribution is 2.51. The van der Waals surface area contributed by atoms with Crippen molar-refractivity contribution in [2.45, 2.75) is 20.3 Å². The molecule has 2 aromatic heterocycles. The van der Waals surface area contributed by atoms with E-state index in [4.69, 9.17) is 5.73 Å². The van der Waals surface area contributed by atoms with Gasteiger partial charge in [-0.25, -0.2) is 4.98 Å². The second-order valence-corrected chi connectivity index (χ2v) is 5.56. The van der Waals surface area contributed by atoms with Crippen LogP contribution < -0.4 is 11.1 Å². The molecule has 19 heavy (non-hydrogen) atoms. The molecule has 1 atom stereocenters. The Balaban J connectivity index is 1.75. The number of hydrogen-bond acceptors (Lipinski definition) is 6. The van der Waals surface area contributed by atoms with Gasteiger partial charge in [0.25, 0.3) is 0 Å². The molecule has 0 radical (unpaired) electrons. The second-order valence-electron chi connectivity index (χ2n) is 5.56. The van der Waals surface area contributed by atoms with Gasteiger partial charge in [-0.3, -0.25) is 4.57 Å². The van der Waals surface area contributed by atoms with Gasteiger partial charge in [0.2, 0.25) is 17.8 Å². The molecule has 2 aromatic rings. The quantitative estimate of drug-likeness (QED) is 0.853. The maximum Gasteiger partial charge on any atom is 0.241 e. The SMILES string of the molecule is CC1(C)CC1CNc1nc(N)nc(-n2ccnc2)n1. The Morgan fingerprint density at radius 2 is 2.21 bits per heavy atom. The van der Waals surface area contributed by atoms with Crippen molar-refractivity contribution in [3.8, 4) is 5.95 Å². The van der Waals surface area contributed by atoms with Crippen LogP contribution in [0.25, 0.3) is 5.95 Å². The van der Waals surface area contributed by atoms with Gasteiger partial charge in [-0.2, -0.15) is 15.0 Å². The minimum absolute atomic E-state index is 0.205. The van der Waals surface area contributed by atoms with Gasteiger partial charge >= 0.3 is 0 Å². The first kappa shape index (κ1) is 11.9. The topological polar surface area (TPSA) is 94.5 Å². The van der Waals surface area contributed by atoms with Crippen molar-refractivity contribution in [3.63, 3.8) is 0 Å². The monoisotopic (exact) mass is 259 g/mol. The molecular weight excluding hydrogens is 242 g/mol. The van der Waals surface area contributed by atoms with Crippen molar-refractivity contribution in [2.24, 2.45) is 11.3 Å². The lowest BCUT2D eigenvalue weighted by Gasteiger charge is -2.08. The van der Waals surface area contributed by atoms with Crippen LogP contribution >= 0.6 is 0 Å². The number of anilines is 2. The van der Waals surface area contributed by atoms with Crippen LogP contribution in [0.5, 0.6) is 0 Å². The van der Waals surface area contributed by atoms with Crippen molar-refractivity contribution in [3.05, 3.63) is 18.7 Å². The molecule has 100 valence electrons. The molecule has 7 heteroatoms. The van der Waals surface area contributed by atoms with E-state index in [1.165, 1.54) is 6.42 Å². The van der Waals surface area contributed by atoms with Gasteiger partial charge in [0.1, 0.15) is 6.33 Å². The lowest BCUT2D eigenvalue weighted by molar-refractivity contribution is 0.572. The number of nitrogen functional groups attached to an aromatic ring is 1. The van der Waals surface area contributed by atoms with Gasteiger partial charge in [0, 0.05) is 18.9 Å². The minimum Gasteiger partial charge on any atom is -0.368 e. The summed E-state index contributed by atoms with van der Waals surface area (Å²) in [6, 6.07) is 0. The Morgan fingerprint density at radius 3 is 2.84 bits per heavy atom. The lowest BCUT2D eigenvalue weighted by Crippen LogP contribution is -2.13. The van der Waals surface area contributed by atoms with E-state index in [1.54, 1.807) is 23.3 Å². The van der Waals surface area contributed by atoms with Gasteiger partial charge in [-0.1, -0.05) is 13.8 Å². The highest BCUT2D eigenvalue weighted by molar-refractivity contribution is 5.35. The van der Waals surface area contributed by atoms with Crippen LogP contribution in [0.3, 0.4) is 0 Å². The van der Waals surface area contributed by atoms with Crippen LogP contribution in [-0.4, -0.2) is 31.0 Å². The Labute approximate surface area is 111 Å². The maximum atomic E-state index is 5.70. The Bertz CT molecular complexity index is 576. The minimum atomic E-state index is 0.205. The lowest BCUT2D eigenvalue weighted by atomic mass is 10.1. The van der Waals surface area contributed by atoms with E-state index in [9.17, 15) is 0 Å². The fraction of sp³-hybridized carbons (Fsp3) is 0.500. The summed E-state index contributed by atoms with van der Waals surface area (Å²) in [5.74, 6) is 1.86. The van der Waals surface area contributed by atoms with E-state index in [0.717, 1.165) is 6.54 Å². The van der Waals surface area contributed by atoms with E-state index in [-0.39, 0.29) is 5.95 Å². The second kappa shape index (κ2) is 4.18. The van der Waals surface area contributed by atoms with Crippen LogP contribution in [0.1, 0.15) is 20.3 Å². The number of hydrogen-bond donors (Lipinski definition) is 2. The smallest absolute Gasteiger partial charge is 0.241 e. The van der Waals surface area contributed by atoms with E-state index in [0.29, 0.717) is 23.2 Å². The third kappa shape index (κ3) is 2.49. The molecule has 0 amide bonds. The zero-order chi connectivity index (χ0) is 13.5. The number of imidazole rings is 1. The zero-order valence-electron chi connectivity index (χ0n) is 11.0. The number of nitrogens with two attached hydrogens (primary N) is 1. The Morgan fingerprint density at radius 1 is 1.42 bits per heavy atom. The first-order valence-corrected chi connectivity index (χ1v) is 6.28. The average Bonchev–Trinajstić information content (AvgIpc) is 2.81. The molecule has 1 saturated carbocycles. The van der Waals surface area contributed by atoms with Gasteiger partial charge in [-0.05, 0) is 17.8 Å². The standard InChI is InChI=1S/C12H17N7/c1-12(2)5-8(12)6-15-10-16-9(13)17-11(18-10)19-4-3-14-7-19/h3-4,7-8H,5-6H2,1-2H3,(H3,13,15,16,17,18). The summed E-state index contributed by atoms with van der Waals surface area (Å²) < 4.78 is 1.70. The summed E-state index contributed by atoms with van der Waals surface area (Å²) in [5.41, 5.74) is 6.13. The zero-order valence-corrected chi connectivity index (χ0v) is 11.0. The predicted molar refractivity (Wildman–Crippen MR) is 71.7 cm³/mol. The third-order valence-corrected chi connectivity index (χ3v) is 3.60. The summed E-state index contributed by atoms with van der Waals surface area (Å²) in [7, 11) is 0. The molecule has 0 aliphatic heterocycles. The van der Waals surface area contributed by atoms with Crippen molar-refractivity contribution >= 4 is 11.9 Å². The summed E-state index contributed by atoms with van der Waals surface area (Å²) in [4.78, 5) is 16.5. The summed E-state index contributed by atoms with van der Waals surface area (Å²) in [6.07, 6.45) is 6.29. The Kier molecular flexibility index (Phi) is 2.62. The summed E-state index contributed by atoms with van der Waals surface area (Å²) >= 11 is 0. The molecular formula is C12H17N7. The van der Waals surface area contributed by atoms with Crippen LogP contribution in [0, 0.1) is 11.3 Å². The number of nitrogens with one attached hydrogen (secondary N) is 1. The Hall–Kier alpha value is -2.18. The van der Waals surface area contributed by atoms with Crippen molar-refractivity contribution in [1.82, 2.24) is 24.5 Å². The number of aromatic nitrogens is 5. The van der Waals surface area contributed by atoms with Gasteiger partial charge in [-0.15, -0.1) is 0 Å². The van der Waals surface area contributed by atoms with E-state index >= 15 is 0 Å². The third-order valence-electron chi connectivity index (χ3n) is 3.60. The van der Waals surface area contributed by atoms with Crippen molar-refractivity contribution in [2.75, 3.05) is 17.6 Å². The highest BCUT2D eigenvalue weighted by atomic mass is 15.3. The van der Waals surface area contributed by atoms with Crippen LogP contribution in [-0.2, 0) is 0 Å². The van der Waals surface area contributed by atoms with Crippen LogP contribution in [0.4, 0.5) is 11.9 Å². The maximum absolute atomic E-state index is 5.70. The van der Waals surface area contributed by atoms with Crippen LogP contribution in [0.2, 0.25) is 0 Å². The van der Waals surface area contributed by atoms with E-state index in [2.05, 4.69) is 39.1 Å². The fourth-order valence-electron chi connectivity index (χ4n) is 2.09. The first-order valence-electron chi connectivity index (χ1n) is 6.28. The van der Waals surface area contributed by atoms with Gasteiger partial charge < -0.3 is 11.1 Å². The molecule has 1 aliphatic carbocycles. The number of nitrogens with zero attached hydrogens (tertiary/aromatic N) is 5. The summed E-state index contributed by atoms with van der Waals surface area (Å²) in [5, 5.41) is 3.23. The molecule has 3 N–H and O–H groups in total. The molecule has 0 saturated heterocycles. The first-order chi connectivity index (χ1) is 9.04. The molecule has 1 unspecified atom stereocenters. The molecule has 0 spiro atoms. The van der Waals surface area contributed by atoms with E-state index < -0.39 is 0 Å². The largest absolute Gasteiger partial charge is 0.368 e. The molecule has 1 fully saturated rings. The predicted octanol–water partition coefficient (Wildman–Crippen LogP) is 1.10. The van der Waals surface area contributed by atoms with Crippen molar-refractivity contribution in [1.29, 1.82) is 0 Å². The van der Waals surface area contributed by atoms with Crippen LogP contribution in [0.15, 0.2) is 18.7 Å². The average molecular weight is 259 g/mol. The fourth-order valence-corrected chi connectivity index (χ4v) is 2.09. The molecule has 0 aromatic carbocycles.